The SMILES string of the molecule is NCCN1CC1.NCCN1CC1.[Cl][Cu][Cl]. The number of nitrogens with zero attached hydrogens (tertiary/aromatic N) is 2. The molecular formula is C8H20Cl2CuN4. The van der Waals surface area contributed by atoms with Crippen molar-refractivity contribution in [3.05, 3.63) is 0 Å². The molecule has 2 aliphatic rings. The summed E-state index contributed by atoms with van der Waals surface area (Å²) in [4.78, 5) is 4.61. The van der Waals surface area contributed by atoms with Crippen molar-refractivity contribution in [3.8, 4) is 0 Å². The summed E-state index contributed by atoms with van der Waals surface area (Å²) >= 11 is 0.757. The van der Waals surface area contributed by atoms with Gasteiger partial charge in [-0.25, -0.2) is 0 Å². The van der Waals surface area contributed by atoms with Gasteiger partial charge in [0.1, 0.15) is 0 Å². The van der Waals surface area contributed by atoms with Crippen LogP contribution < -0.4 is 11.5 Å². The van der Waals surface area contributed by atoms with Gasteiger partial charge in [0.2, 0.25) is 0 Å². The summed E-state index contributed by atoms with van der Waals surface area (Å²) in [6.07, 6.45) is 0. The maximum atomic E-state index is 5.23. The fraction of sp³-hybridized carbons (Fsp3) is 1.00. The van der Waals surface area contributed by atoms with Gasteiger partial charge in [-0.15, -0.1) is 0 Å². The standard InChI is InChI=1S/2C4H10N2.2ClH.Cu/c2*5-1-2-6-3-4-6;;;/h2*1-5H2;2*1H;/q;;;;+2/p-2. The molecule has 0 aromatic carbocycles. The van der Waals surface area contributed by atoms with Crippen molar-refractivity contribution in [2.45, 2.75) is 0 Å². The molecule has 2 heterocycles. The first kappa shape index (κ1) is 15.9. The van der Waals surface area contributed by atoms with Gasteiger partial charge in [-0.05, 0) is 0 Å². The molecule has 4 N–H and O–H groups in total. The second kappa shape index (κ2) is 11.4. The number of rotatable bonds is 4. The van der Waals surface area contributed by atoms with Crippen molar-refractivity contribution in [2.24, 2.45) is 11.5 Å². The Hall–Kier alpha value is 0.939. The summed E-state index contributed by atoms with van der Waals surface area (Å²) in [6, 6.07) is 0. The molecule has 0 atom stereocenters. The van der Waals surface area contributed by atoms with E-state index in [9.17, 15) is 0 Å². The van der Waals surface area contributed by atoms with E-state index in [4.69, 9.17) is 11.5 Å². The summed E-state index contributed by atoms with van der Waals surface area (Å²) < 4.78 is 0. The number of nitrogens with two attached hydrogens (primary N) is 2. The Morgan fingerprint density at radius 2 is 1.13 bits per heavy atom. The number of halogens is 2. The zero-order chi connectivity index (χ0) is 11.5. The van der Waals surface area contributed by atoms with Crippen LogP contribution in [0.25, 0.3) is 0 Å². The van der Waals surface area contributed by atoms with Gasteiger partial charge in [0.15, 0.2) is 0 Å². The van der Waals surface area contributed by atoms with Gasteiger partial charge < -0.3 is 11.5 Å². The molecule has 0 aliphatic carbocycles. The molecule has 7 heteroatoms. The van der Waals surface area contributed by atoms with Crippen molar-refractivity contribution in [3.63, 3.8) is 0 Å². The minimum atomic E-state index is 0.757. The fourth-order valence-corrected chi connectivity index (χ4v) is 0.954. The Balaban J connectivity index is 0.000000210. The molecule has 0 aromatic heterocycles. The zero-order valence-corrected chi connectivity index (χ0v) is 11.2. The van der Waals surface area contributed by atoms with Crippen LogP contribution in [0.2, 0.25) is 0 Å². The molecule has 0 radical (unpaired) electrons. The Morgan fingerprint density at radius 3 is 1.20 bits per heavy atom. The van der Waals surface area contributed by atoms with Crippen molar-refractivity contribution in [1.29, 1.82) is 0 Å². The van der Waals surface area contributed by atoms with Gasteiger partial charge >= 0.3 is 33.3 Å². The van der Waals surface area contributed by atoms with Crippen LogP contribution in [0.3, 0.4) is 0 Å². The van der Waals surface area contributed by atoms with Crippen molar-refractivity contribution >= 4 is 20.2 Å². The molecule has 0 aromatic rings. The van der Waals surface area contributed by atoms with Crippen molar-refractivity contribution < 1.29 is 13.1 Å². The molecule has 0 amide bonds. The molecule has 4 nitrogen and oxygen atoms in total. The molecule has 15 heavy (non-hydrogen) atoms. The average molecular weight is 307 g/mol. The van der Waals surface area contributed by atoms with Crippen LogP contribution in [0.4, 0.5) is 0 Å². The normalized spacial score (nSPS) is 18.7. The Bertz CT molecular complexity index is 120. The van der Waals surface area contributed by atoms with Crippen LogP contribution in [0.5, 0.6) is 0 Å². The predicted octanol–water partition coefficient (Wildman–Crippen LogP) is -0.102. The Morgan fingerprint density at radius 1 is 0.867 bits per heavy atom. The van der Waals surface area contributed by atoms with E-state index in [1.807, 2.05) is 0 Å². The van der Waals surface area contributed by atoms with E-state index < -0.39 is 0 Å². The van der Waals surface area contributed by atoms with Crippen LogP contribution >= 0.6 is 20.2 Å². The first-order chi connectivity index (χ1) is 7.28. The van der Waals surface area contributed by atoms with Crippen LogP contribution in [0.1, 0.15) is 0 Å². The third-order valence-electron chi connectivity index (χ3n) is 1.97. The summed E-state index contributed by atoms with van der Waals surface area (Å²) in [5.41, 5.74) is 10.5. The maximum absolute atomic E-state index is 5.23. The second-order valence-corrected chi connectivity index (χ2v) is 4.86. The third-order valence-corrected chi connectivity index (χ3v) is 1.97. The molecule has 2 aliphatic heterocycles. The summed E-state index contributed by atoms with van der Waals surface area (Å²) in [7, 11) is 9.34. The first-order valence-electron chi connectivity index (χ1n) is 4.94. The van der Waals surface area contributed by atoms with E-state index in [2.05, 4.69) is 30.0 Å². The molecule has 97 valence electrons. The van der Waals surface area contributed by atoms with Gasteiger partial charge in [-0.3, -0.25) is 9.80 Å². The van der Waals surface area contributed by atoms with Crippen LogP contribution in [0.15, 0.2) is 0 Å². The summed E-state index contributed by atoms with van der Waals surface area (Å²) in [5, 5.41) is 0. The molecule has 0 bridgehead atoms. The second-order valence-electron chi connectivity index (χ2n) is 3.30. The van der Waals surface area contributed by atoms with E-state index in [1.54, 1.807) is 0 Å². The molecular weight excluding hydrogens is 287 g/mol. The quantitative estimate of drug-likeness (QED) is 0.562. The van der Waals surface area contributed by atoms with Crippen molar-refractivity contribution in [1.82, 2.24) is 9.80 Å². The Labute approximate surface area is 107 Å². The summed E-state index contributed by atoms with van der Waals surface area (Å²) in [6.45, 7) is 8.93. The zero-order valence-electron chi connectivity index (χ0n) is 8.76. The first-order valence-corrected chi connectivity index (χ1v) is 7.53. The molecule has 0 spiro atoms. The topological polar surface area (TPSA) is 58.1 Å². The third kappa shape index (κ3) is 14.9. The monoisotopic (exact) mass is 305 g/mol. The van der Waals surface area contributed by atoms with Crippen LogP contribution in [0, 0.1) is 0 Å². The van der Waals surface area contributed by atoms with E-state index >= 15 is 0 Å². The fourth-order valence-electron chi connectivity index (χ4n) is 0.954. The Kier molecular flexibility index (Phi) is 12.1. The predicted molar refractivity (Wildman–Crippen MR) is 62.7 cm³/mol. The van der Waals surface area contributed by atoms with Gasteiger partial charge in [0, 0.05) is 52.4 Å². The van der Waals surface area contributed by atoms with E-state index in [1.165, 1.54) is 26.2 Å². The molecule has 2 fully saturated rings. The van der Waals surface area contributed by atoms with Crippen molar-refractivity contribution in [2.75, 3.05) is 52.4 Å². The van der Waals surface area contributed by atoms with E-state index in [0.29, 0.717) is 0 Å². The van der Waals surface area contributed by atoms with Gasteiger partial charge in [0.25, 0.3) is 0 Å². The van der Waals surface area contributed by atoms with Gasteiger partial charge in [-0.1, -0.05) is 0 Å². The average Bonchev–Trinajstić information content (AvgIpc) is 3.01. The van der Waals surface area contributed by atoms with E-state index in [0.717, 1.165) is 39.3 Å². The molecule has 2 saturated heterocycles. The van der Waals surface area contributed by atoms with Crippen LogP contribution in [-0.2, 0) is 13.1 Å². The number of hydrogen-bond acceptors (Lipinski definition) is 4. The summed E-state index contributed by atoms with van der Waals surface area (Å²) in [5.74, 6) is 0. The molecule has 2 rings (SSSR count). The minimum absolute atomic E-state index is 0.757. The van der Waals surface area contributed by atoms with Gasteiger partial charge in [0.05, 0.1) is 0 Å². The molecule has 0 unspecified atom stereocenters. The van der Waals surface area contributed by atoms with Gasteiger partial charge in [-0.2, -0.15) is 0 Å². The molecule has 0 saturated carbocycles. The van der Waals surface area contributed by atoms with E-state index in [-0.39, 0.29) is 0 Å². The van der Waals surface area contributed by atoms with Crippen LogP contribution in [-0.4, -0.2) is 62.2 Å². The number of hydrogen-bond donors (Lipinski definition) is 2.